The van der Waals surface area contributed by atoms with Crippen LogP contribution < -0.4 is 0 Å². The van der Waals surface area contributed by atoms with Crippen LogP contribution in [0.5, 0.6) is 0 Å². The van der Waals surface area contributed by atoms with Crippen molar-refractivity contribution in [2.45, 2.75) is 18.9 Å². The second kappa shape index (κ2) is 6.33. The molecule has 2 aliphatic heterocycles. The van der Waals surface area contributed by atoms with E-state index >= 15 is 0 Å². The maximum atomic E-state index is 13.0. The lowest BCUT2D eigenvalue weighted by molar-refractivity contribution is -0.129. The lowest BCUT2D eigenvalue weighted by atomic mass is 10.1. The highest BCUT2D eigenvalue weighted by Gasteiger charge is 2.43. The molecule has 1 atom stereocenters. The molecule has 2 aromatic rings. The molecule has 3 heterocycles. The minimum Gasteiger partial charge on any atom is -0.340 e. The SMILES string of the molecule is O=C(Cc1ccc(F)cc1)N1CCC(N2C(=O)c3cccnc3C2=O)C1. The fraction of sp³-hybridized carbons (Fsp3) is 0.263. The summed E-state index contributed by atoms with van der Waals surface area (Å²) in [4.78, 5) is 44.4. The number of carbonyl (C=O) groups is 3. The van der Waals surface area contributed by atoms with Gasteiger partial charge in [0.25, 0.3) is 11.8 Å². The molecule has 1 fully saturated rings. The average Bonchev–Trinajstić information content (AvgIpc) is 3.21. The van der Waals surface area contributed by atoms with E-state index in [1.54, 1.807) is 29.2 Å². The largest absolute Gasteiger partial charge is 0.340 e. The molecule has 0 aliphatic carbocycles. The van der Waals surface area contributed by atoms with Gasteiger partial charge in [-0.15, -0.1) is 0 Å². The standard InChI is InChI=1S/C19H16FN3O3/c20-13-5-3-12(4-6-13)10-16(24)22-9-7-14(11-22)23-18(25)15-2-1-8-21-17(15)19(23)26/h1-6,8,14H,7,9-11H2. The van der Waals surface area contributed by atoms with Gasteiger partial charge in [0, 0.05) is 19.3 Å². The summed E-state index contributed by atoms with van der Waals surface area (Å²) in [6.07, 6.45) is 2.19. The third-order valence-corrected chi connectivity index (χ3v) is 4.83. The lowest BCUT2D eigenvalue weighted by Crippen LogP contribution is -2.42. The molecule has 132 valence electrons. The van der Waals surface area contributed by atoms with Gasteiger partial charge in [0.05, 0.1) is 18.0 Å². The number of fused-ring (bicyclic) bond motifs is 1. The monoisotopic (exact) mass is 353 g/mol. The van der Waals surface area contributed by atoms with Crippen LogP contribution >= 0.6 is 0 Å². The minimum absolute atomic E-state index is 0.103. The van der Waals surface area contributed by atoms with Gasteiger partial charge in [-0.25, -0.2) is 4.39 Å². The number of rotatable bonds is 3. The molecule has 0 radical (unpaired) electrons. The number of halogens is 1. The van der Waals surface area contributed by atoms with Crippen LogP contribution in [0, 0.1) is 5.82 Å². The van der Waals surface area contributed by atoms with E-state index in [9.17, 15) is 18.8 Å². The summed E-state index contributed by atoms with van der Waals surface area (Å²) in [5, 5.41) is 0. The Morgan fingerprint density at radius 2 is 1.92 bits per heavy atom. The molecule has 1 saturated heterocycles. The molecule has 26 heavy (non-hydrogen) atoms. The Hall–Kier alpha value is -3.09. The Kier molecular flexibility index (Phi) is 3.99. The van der Waals surface area contributed by atoms with E-state index in [2.05, 4.69) is 4.98 Å². The number of nitrogens with zero attached hydrogens (tertiary/aromatic N) is 3. The molecule has 6 nitrogen and oxygen atoms in total. The molecule has 3 amide bonds. The lowest BCUT2D eigenvalue weighted by Gasteiger charge is -2.22. The van der Waals surface area contributed by atoms with Gasteiger partial charge in [-0.2, -0.15) is 0 Å². The summed E-state index contributed by atoms with van der Waals surface area (Å²) < 4.78 is 13.0. The summed E-state index contributed by atoms with van der Waals surface area (Å²) in [7, 11) is 0. The predicted molar refractivity (Wildman–Crippen MR) is 89.8 cm³/mol. The van der Waals surface area contributed by atoms with Gasteiger partial charge < -0.3 is 4.90 Å². The van der Waals surface area contributed by atoms with Crippen molar-refractivity contribution >= 4 is 17.7 Å². The molecule has 1 unspecified atom stereocenters. The Morgan fingerprint density at radius 3 is 2.65 bits per heavy atom. The molecule has 7 heteroatoms. The number of carbonyl (C=O) groups excluding carboxylic acids is 3. The molecule has 2 aliphatic rings. The van der Waals surface area contributed by atoms with E-state index in [1.807, 2.05) is 0 Å². The fourth-order valence-corrected chi connectivity index (χ4v) is 3.48. The first-order chi connectivity index (χ1) is 12.5. The van der Waals surface area contributed by atoms with Crippen LogP contribution in [0.2, 0.25) is 0 Å². The van der Waals surface area contributed by atoms with E-state index in [-0.39, 0.29) is 35.8 Å². The highest BCUT2D eigenvalue weighted by molar-refractivity contribution is 6.20. The van der Waals surface area contributed by atoms with E-state index in [0.29, 0.717) is 25.1 Å². The van der Waals surface area contributed by atoms with Gasteiger partial charge >= 0.3 is 0 Å². The molecule has 0 spiro atoms. The molecular formula is C19H16FN3O3. The van der Waals surface area contributed by atoms with E-state index in [1.165, 1.54) is 23.2 Å². The Labute approximate surface area is 149 Å². The van der Waals surface area contributed by atoms with Crippen molar-refractivity contribution in [3.63, 3.8) is 0 Å². The van der Waals surface area contributed by atoms with Crippen LogP contribution in [0.3, 0.4) is 0 Å². The summed E-state index contributed by atoms with van der Waals surface area (Å²) in [6, 6.07) is 8.67. The highest BCUT2D eigenvalue weighted by atomic mass is 19.1. The van der Waals surface area contributed by atoms with Crippen molar-refractivity contribution in [2.24, 2.45) is 0 Å². The van der Waals surface area contributed by atoms with E-state index in [0.717, 1.165) is 5.56 Å². The maximum Gasteiger partial charge on any atom is 0.280 e. The Morgan fingerprint density at radius 1 is 1.15 bits per heavy atom. The molecule has 1 aromatic carbocycles. The van der Waals surface area contributed by atoms with Crippen LogP contribution in [0.25, 0.3) is 0 Å². The quantitative estimate of drug-likeness (QED) is 0.787. The molecular weight excluding hydrogens is 337 g/mol. The average molecular weight is 353 g/mol. The van der Waals surface area contributed by atoms with Crippen LogP contribution in [0.15, 0.2) is 42.6 Å². The number of imide groups is 1. The summed E-state index contributed by atoms with van der Waals surface area (Å²) in [5.41, 5.74) is 1.21. The number of amides is 3. The molecule has 1 aromatic heterocycles. The predicted octanol–water partition coefficient (Wildman–Crippen LogP) is 1.66. The number of hydrogen-bond donors (Lipinski definition) is 0. The number of likely N-dealkylation sites (tertiary alicyclic amines) is 1. The maximum absolute atomic E-state index is 13.0. The van der Waals surface area contributed by atoms with Crippen LogP contribution in [0.4, 0.5) is 4.39 Å². The van der Waals surface area contributed by atoms with Gasteiger partial charge in [0.15, 0.2) is 0 Å². The normalized spacial score (nSPS) is 19.2. The molecule has 0 bridgehead atoms. The van der Waals surface area contributed by atoms with E-state index < -0.39 is 5.91 Å². The first-order valence-electron chi connectivity index (χ1n) is 8.39. The number of aromatic nitrogens is 1. The van der Waals surface area contributed by atoms with Crippen LogP contribution in [-0.4, -0.2) is 51.6 Å². The smallest absolute Gasteiger partial charge is 0.280 e. The fourth-order valence-electron chi connectivity index (χ4n) is 3.48. The van der Waals surface area contributed by atoms with Crippen molar-refractivity contribution in [1.82, 2.24) is 14.8 Å². The first-order valence-corrected chi connectivity index (χ1v) is 8.39. The van der Waals surface area contributed by atoms with Gasteiger partial charge in [-0.3, -0.25) is 24.3 Å². The number of pyridine rings is 1. The zero-order valence-corrected chi connectivity index (χ0v) is 13.9. The summed E-state index contributed by atoms with van der Waals surface area (Å²) in [5.74, 6) is -1.20. The topological polar surface area (TPSA) is 70.6 Å². The number of hydrogen-bond acceptors (Lipinski definition) is 4. The van der Waals surface area contributed by atoms with E-state index in [4.69, 9.17) is 0 Å². The van der Waals surface area contributed by atoms with Crippen LogP contribution in [-0.2, 0) is 11.2 Å². The van der Waals surface area contributed by atoms with Gasteiger partial charge in [-0.1, -0.05) is 12.1 Å². The number of benzene rings is 1. The van der Waals surface area contributed by atoms with Gasteiger partial charge in [0.1, 0.15) is 11.5 Å². The van der Waals surface area contributed by atoms with Crippen molar-refractivity contribution < 1.29 is 18.8 Å². The molecule has 0 N–H and O–H groups in total. The third-order valence-electron chi connectivity index (χ3n) is 4.83. The van der Waals surface area contributed by atoms with Crippen molar-refractivity contribution in [2.75, 3.05) is 13.1 Å². The molecule has 4 rings (SSSR count). The highest BCUT2D eigenvalue weighted by Crippen LogP contribution is 2.27. The van der Waals surface area contributed by atoms with Crippen molar-refractivity contribution in [1.29, 1.82) is 0 Å². The Bertz CT molecular complexity index is 862. The minimum atomic E-state index is -0.400. The zero-order valence-electron chi connectivity index (χ0n) is 13.9. The van der Waals surface area contributed by atoms with Gasteiger partial charge in [-0.05, 0) is 36.2 Å². The first kappa shape index (κ1) is 16.4. The zero-order chi connectivity index (χ0) is 18.3. The van der Waals surface area contributed by atoms with Crippen molar-refractivity contribution in [3.8, 4) is 0 Å². The summed E-state index contributed by atoms with van der Waals surface area (Å²) in [6.45, 7) is 0.789. The van der Waals surface area contributed by atoms with Crippen LogP contribution in [0.1, 0.15) is 32.8 Å². The molecule has 0 saturated carbocycles. The second-order valence-electron chi connectivity index (χ2n) is 6.47. The van der Waals surface area contributed by atoms with Gasteiger partial charge in [0.2, 0.25) is 5.91 Å². The van der Waals surface area contributed by atoms with Crippen molar-refractivity contribution in [3.05, 3.63) is 65.2 Å². The second-order valence-corrected chi connectivity index (χ2v) is 6.47. The Balaban J connectivity index is 1.44. The summed E-state index contributed by atoms with van der Waals surface area (Å²) >= 11 is 0. The third kappa shape index (κ3) is 2.75.